The second-order valence-electron chi connectivity index (χ2n) is 7.26. The Hall–Kier alpha value is -2.79. The summed E-state index contributed by atoms with van der Waals surface area (Å²) in [5, 5.41) is 0.656. The van der Waals surface area contributed by atoms with Crippen LogP contribution in [0.3, 0.4) is 0 Å². The highest BCUT2D eigenvalue weighted by Crippen LogP contribution is 2.37. The van der Waals surface area contributed by atoms with E-state index in [2.05, 4.69) is 0 Å². The highest BCUT2D eigenvalue weighted by molar-refractivity contribution is 6.30. The van der Waals surface area contributed by atoms with Gasteiger partial charge in [-0.1, -0.05) is 48.4 Å². The van der Waals surface area contributed by atoms with Crippen molar-refractivity contribution in [1.29, 1.82) is 0 Å². The molecule has 2 fully saturated rings. The molecule has 5 nitrogen and oxygen atoms in total. The van der Waals surface area contributed by atoms with E-state index in [1.807, 2.05) is 24.3 Å². The van der Waals surface area contributed by atoms with Crippen LogP contribution in [0.5, 0.6) is 5.75 Å². The van der Waals surface area contributed by atoms with E-state index in [1.54, 1.807) is 24.3 Å². The molecule has 0 aromatic heterocycles. The quantitative estimate of drug-likeness (QED) is 0.399. The Morgan fingerprint density at radius 1 is 0.931 bits per heavy atom. The Kier molecular flexibility index (Phi) is 5.58. The number of halogens is 1. The number of rotatable bonds is 4. The fourth-order valence-corrected chi connectivity index (χ4v) is 3.72. The second-order valence-corrected chi connectivity index (χ2v) is 7.70. The van der Waals surface area contributed by atoms with Crippen molar-refractivity contribution in [3.05, 3.63) is 70.3 Å². The van der Waals surface area contributed by atoms with Crippen LogP contribution in [-0.2, 0) is 25.7 Å². The first kappa shape index (κ1) is 19.5. The molecular formula is C23H21ClO5. The molecular weight excluding hydrogens is 392 g/mol. The van der Waals surface area contributed by atoms with Gasteiger partial charge < -0.3 is 14.2 Å². The largest absolute Gasteiger partial charge is 0.488 e. The van der Waals surface area contributed by atoms with Gasteiger partial charge in [0.25, 0.3) is 5.79 Å². The van der Waals surface area contributed by atoms with Gasteiger partial charge in [0.2, 0.25) is 0 Å². The molecule has 4 rings (SSSR count). The third-order valence-electron chi connectivity index (χ3n) is 5.14. The predicted molar refractivity (Wildman–Crippen MR) is 108 cm³/mol. The number of esters is 2. The zero-order valence-electron chi connectivity index (χ0n) is 15.9. The SMILES string of the molecule is O=C1OC2(CCCCC2)OC(=O)C1=Cc1ccccc1OCc1ccc(Cl)cc1. The van der Waals surface area contributed by atoms with Crippen molar-refractivity contribution >= 4 is 29.6 Å². The maximum absolute atomic E-state index is 12.6. The van der Waals surface area contributed by atoms with Gasteiger partial charge in [-0.25, -0.2) is 9.59 Å². The first-order chi connectivity index (χ1) is 14.0. The fourth-order valence-electron chi connectivity index (χ4n) is 3.59. The molecule has 6 heteroatoms. The van der Waals surface area contributed by atoms with E-state index in [4.69, 9.17) is 25.8 Å². The van der Waals surface area contributed by atoms with Crippen LogP contribution in [0.15, 0.2) is 54.1 Å². The Morgan fingerprint density at radius 2 is 1.59 bits per heavy atom. The third kappa shape index (κ3) is 4.46. The van der Waals surface area contributed by atoms with Crippen LogP contribution in [0.25, 0.3) is 6.08 Å². The molecule has 1 spiro atoms. The zero-order chi connectivity index (χ0) is 20.3. The Morgan fingerprint density at radius 3 is 2.28 bits per heavy atom. The smallest absolute Gasteiger partial charge is 0.348 e. The summed E-state index contributed by atoms with van der Waals surface area (Å²) in [5.74, 6) is -1.83. The summed E-state index contributed by atoms with van der Waals surface area (Å²) in [6.07, 6.45) is 5.38. The summed E-state index contributed by atoms with van der Waals surface area (Å²) in [6.45, 7) is 0.329. The Balaban J connectivity index is 1.52. The van der Waals surface area contributed by atoms with Gasteiger partial charge in [0.15, 0.2) is 0 Å². The first-order valence-corrected chi connectivity index (χ1v) is 10.1. The molecule has 2 aliphatic rings. The highest BCUT2D eigenvalue weighted by Gasteiger charge is 2.46. The molecule has 0 radical (unpaired) electrons. The van der Waals surface area contributed by atoms with Crippen molar-refractivity contribution in [3.63, 3.8) is 0 Å². The van der Waals surface area contributed by atoms with Crippen LogP contribution in [0.4, 0.5) is 0 Å². The van der Waals surface area contributed by atoms with E-state index < -0.39 is 17.7 Å². The van der Waals surface area contributed by atoms with E-state index >= 15 is 0 Å². The minimum absolute atomic E-state index is 0.122. The number of benzene rings is 2. The van der Waals surface area contributed by atoms with Crippen molar-refractivity contribution < 1.29 is 23.8 Å². The standard InChI is InChI=1S/C23H21ClO5/c24-18-10-8-16(9-11-18)15-27-20-7-3-2-6-17(20)14-19-21(25)28-23(29-22(19)26)12-4-1-5-13-23/h2-3,6-11,14H,1,4-5,12-13,15H2. The topological polar surface area (TPSA) is 61.8 Å². The molecule has 0 bridgehead atoms. The monoisotopic (exact) mass is 412 g/mol. The Bertz CT molecular complexity index is 920. The average molecular weight is 413 g/mol. The third-order valence-corrected chi connectivity index (χ3v) is 5.39. The van der Waals surface area contributed by atoms with Crippen molar-refractivity contribution in [1.82, 2.24) is 0 Å². The van der Waals surface area contributed by atoms with Crippen LogP contribution in [-0.4, -0.2) is 17.7 Å². The van der Waals surface area contributed by atoms with Crippen LogP contribution in [0.1, 0.15) is 43.2 Å². The molecule has 0 unspecified atom stereocenters. The van der Waals surface area contributed by atoms with E-state index in [1.165, 1.54) is 6.08 Å². The zero-order valence-corrected chi connectivity index (χ0v) is 16.6. The lowest BCUT2D eigenvalue weighted by atomic mass is 9.93. The lowest BCUT2D eigenvalue weighted by Gasteiger charge is -2.38. The molecule has 1 saturated carbocycles. The van der Waals surface area contributed by atoms with Gasteiger partial charge in [0.1, 0.15) is 17.9 Å². The first-order valence-electron chi connectivity index (χ1n) is 9.69. The highest BCUT2D eigenvalue weighted by atomic mass is 35.5. The molecule has 1 aliphatic carbocycles. The van der Waals surface area contributed by atoms with Crippen molar-refractivity contribution in [2.45, 2.75) is 44.5 Å². The summed E-state index contributed by atoms with van der Waals surface area (Å²) in [5.41, 5.74) is 1.43. The second kappa shape index (κ2) is 8.29. The summed E-state index contributed by atoms with van der Waals surface area (Å²) in [4.78, 5) is 25.1. The van der Waals surface area contributed by atoms with Gasteiger partial charge in [-0.05, 0) is 42.7 Å². The molecule has 29 heavy (non-hydrogen) atoms. The van der Waals surface area contributed by atoms with Crippen LogP contribution in [0.2, 0.25) is 5.02 Å². The number of ether oxygens (including phenoxy) is 3. The fraction of sp³-hybridized carbons (Fsp3) is 0.304. The van der Waals surface area contributed by atoms with Gasteiger partial charge in [0.05, 0.1) is 0 Å². The van der Waals surface area contributed by atoms with E-state index in [-0.39, 0.29) is 5.57 Å². The molecule has 0 atom stereocenters. The van der Waals surface area contributed by atoms with Crippen LogP contribution in [0, 0.1) is 0 Å². The molecule has 0 amide bonds. The summed E-state index contributed by atoms with van der Waals surface area (Å²) in [7, 11) is 0. The minimum atomic E-state index is -1.09. The van der Waals surface area contributed by atoms with Gasteiger partial charge >= 0.3 is 11.9 Å². The maximum atomic E-state index is 12.6. The maximum Gasteiger partial charge on any atom is 0.348 e. The summed E-state index contributed by atoms with van der Waals surface area (Å²) in [6, 6.07) is 14.5. The number of hydrogen-bond donors (Lipinski definition) is 0. The molecule has 1 saturated heterocycles. The molecule has 2 aromatic carbocycles. The van der Waals surface area contributed by atoms with E-state index in [0.717, 1.165) is 24.8 Å². The lowest BCUT2D eigenvalue weighted by molar-refractivity contribution is -0.244. The van der Waals surface area contributed by atoms with Gasteiger partial charge in [0, 0.05) is 23.4 Å². The van der Waals surface area contributed by atoms with Crippen molar-refractivity contribution in [2.24, 2.45) is 0 Å². The van der Waals surface area contributed by atoms with Crippen molar-refractivity contribution in [3.8, 4) is 5.75 Å². The van der Waals surface area contributed by atoms with E-state index in [0.29, 0.717) is 35.8 Å². The number of carbonyl (C=O) groups is 2. The minimum Gasteiger partial charge on any atom is -0.488 e. The van der Waals surface area contributed by atoms with Crippen LogP contribution >= 0.6 is 11.6 Å². The average Bonchev–Trinajstić information content (AvgIpc) is 2.72. The summed E-state index contributed by atoms with van der Waals surface area (Å²) >= 11 is 5.91. The molecule has 150 valence electrons. The van der Waals surface area contributed by atoms with E-state index in [9.17, 15) is 9.59 Å². The van der Waals surface area contributed by atoms with Gasteiger partial charge in [-0.15, -0.1) is 0 Å². The normalized spacial score (nSPS) is 18.2. The lowest BCUT2D eigenvalue weighted by Crippen LogP contribution is -2.47. The molecule has 1 heterocycles. The number of para-hydroxylation sites is 1. The number of hydrogen-bond acceptors (Lipinski definition) is 5. The van der Waals surface area contributed by atoms with Gasteiger partial charge in [-0.2, -0.15) is 0 Å². The number of carbonyl (C=O) groups excluding carboxylic acids is 2. The molecule has 0 N–H and O–H groups in total. The van der Waals surface area contributed by atoms with Crippen LogP contribution < -0.4 is 4.74 Å². The molecule has 2 aromatic rings. The molecule has 1 aliphatic heterocycles. The predicted octanol–water partition coefficient (Wildman–Crippen LogP) is 5.06. The summed E-state index contributed by atoms with van der Waals surface area (Å²) < 4.78 is 17.0. The van der Waals surface area contributed by atoms with Crippen molar-refractivity contribution in [2.75, 3.05) is 0 Å². The van der Waals surface area contributed by atoms with Gasteiger partial charge in [-0.3, -0.25) is 0 Å². The Labute approximate surface area is 174 Å².